The summed E-state index contributed by atoms with van der Waals surface area (Å²) in [5, 5.41) is 3.01. The van der Waals surface area contributed by atoms with Crippen LogP contribution >= 0.6 is 0 Å². The molecule has 2 aromatic rings. The summed E-state index contributed by atoms with van der Waals surface area (Å²) in [5.41, 5.74) is 2.06. The third kappa shape index (κ3) is 4.98. The van der Waals surface area contributed by atoms with Gasteiger partial charge in [-0.05, 0) is 48.9 Å². The molecule has 2 aromatic carbocycles. The first-order valence-corrected chi connectivity index (χ1v) is 9.22. The van der Waals surface area contributed by atoms with Gasteiger partial charge < -0.3 is 15.0 Å². The fourth-order valence-corrected chi connectivity index (χ4v) is 3.27. The lowest BCUT2D eigenvalue weighted by Crippen LogP contribution is -2.53. The van der Waals surface area contributed by atoms with Crippen LogP contribution in [-0.2, 0) is 11.3 Å². The van der Waals surface area contributed by atoms with E-state index in [-0.39, 0.29) is 17.8 Å². The van der Waals surface area contributed by atoms with E-state index in [9.17, 15) is 9.18 Å². The van der Waals surface area contributed by atoms with Crippen LogP contribution in [0.1, 0.15) is 12.5 Å². The van der Waals surface area contributed by atoms with Gasteiger partial charge in [-0.2, -0.15) is 0 Å². The van der Waals surface area contributed by atoms with Crippen molar-refractivity contribution in [3.63, 3.8) is 0 Å². The first-order chi connectivity index (χ1) is 13.1. The standard InChI is InChI=1S/C21H26FN3O2/c1-16(21(26)23-15-17-3-9-20(27-2)10-4-17)24-11-13-25(14-12-24)19-7-5-18(22)6-8-19/h3-10,16H,11-15H2,1-2H3,(H,23,26). The van der Waals surface area contributed by atoms with Gasteiger partial charge in [0.05, 0.1) is 13.2 Å². The zero-order valence-electron chi connectivity index (χ0n) is 15.8. The first-order valence-electron chi connectivity index (χ1n) is 9.22. The second-order valence-corrected chi connectivity index (χ2v) is 6.74. The number of carbonyl (C=O) groups is 1. The monoisotopic (exact) mass is 371 g/mol. The van der Waals surface area contributed by atoms with E-state index in [4.69, 9.17) is 4.74 Å². The fourth-order valence-electron chi connectivity index (χ4n) is 3.27. The highest BCUT2D eigenvalue weighted by atomic mass is 19.1. The molecule has 1 atom stereocenters. The second kappa shape index (κ2) is 8.86. The largest absolute Gasteiger partial charge is 0.497 e. The SMILES string of the molecule is COc1ccc(CNC(=O)C(C)N2CCN(c3ccc(F)cc3)CC2)cc1. The van der Waals surface area contributed by atoms with Crippen molar-refractivity contribution in [2.24, 2.45) is 0 Å². The second-order valence-electron chi connectivity index (χ2n) is 6.74. The lowest BCUT2D eigenvalue weighted by atomic mass is 10.1. The van der Waals surface area contributed by atoms with E-state index < -0.39 is 0 Å². The van der Waals surface area contributed by atoms with Gasteiger partial charge in [0, 0.05) is 38.4 Å². The van der Waals surface area contributed by atoms with E-state index in [0.29, 0.717) is 6.54 Å². The molecule has 1 heterocycles. The Balaban J connectivity index is 1.47. The quantitative estimate of drug-likeness (QED) is 0.848. The molecule has 0 bridgehead atoms. The maximum Gasteiger partial charge on any atom is 0.237 e. The molecule has 1 unspecified atom stereocenters. The summed E-state index contributed by atoms with van der Waals surface area (Å²) in [4.78, 5) is 16.9. The van der Waals surface area contributed by atoms with Crippen molar-refractivity contribution in [3.05, 3.63) is 59.9 Å². The summed E-state index contributed by atoms with van der Waals surface area (Å²) in [6, 6.07) is 14.1. The Hall–Kier alpha value is -2.60. The molecule has 1 aliphatic heterocycles. The Morgan fingerprint density at radius 2 is 1.70 bits per heavy atom. The van der Waals surface area contributed by atoms with Crippen molar-refractivity contribution in [1.29, 1.82) is 0 Å². The minimum absolute atomic E-state index is 0.0288. The normalized spacial score (nSPS) is 16.0. The summed E-state index contributed by atoms with van der Waals surface area (Å²) in [6.45, 7) is 5.69. The van der Waals surface area contributed by atoms with Crippen LogP contribution in [0.5, 0.6) is 5.75 Å². The fraction of sp³-hybridized carbons (Fsp3) is 0.381. The van der Waals surface area contributed by atoms with Crippen molar-refractivity contribution < 1.29 is 13.9 Å². The molecule has 1 N–H and O–H groups in total. The number of amides is 1. The summed E-state index contributed by atoms with van der Waals surface area (Å²) in [6.07, 6.45) is 0. The van der Waals surface area contributed by atoms with E-state index in [1.807, 2.05) is 31.2 Å². The van der Waals surface area contributed by atoms with Gasteiger partial charge in [-0.25, -0.2) is 4.39 Å². The van der Waals surface area contributed by atoms with E-state index in [0.717, 1.165) is 43.2 Å². The van der Waals surface area contributed by atoms with E-state index in [1.54, 1.807) is 19.2 Å². The van der Waals surface area contributed by atoms with Crippen LogP contribution < -0.4 is 15.0 Å². The lowest BCUT2D eigenvalue weighted by Gasteiger charge is -2.38. The number of halogens is 1. The van der Waals surface area contributed by atoms with Gasteiger partial charge in [0.15, 0.2) is 0 Å². The van der Waals surface area contributed by atoms with Crippen molar-refractivity contribution in [1.82, 2.24) is 10.2 Å². The molecule has 27 heavy (non-hydrogen) atoms. The van der Waals surface area contributed by atoms with Crippen molar-refractivity contribution >= 4 is 11.6 Å². The van der Waals surface area contributed by atoms with Gasteiger partial charge in [0.2, 0.25) is 5.91 Å². The molecular formula is C21H26FN3O2. The summed E-state index contributed by atoms with van der Waals surface area (Å²) >= 11 is 0. The molecule has 144 valence electrons. The molecule has 0 aromatic heterocycles. The third-order valence-electron chi connectivity index (χ3n) is 5.06. The van der Waals surface area contributed by atoms with Crippen LogP contribution in [0.25, 0.3) is 0 Å². The molecule has 0 spiro atoms. The average molecular weight is 371 g/mol. The number of nitrogens with zero attached hydrogens (tertiary/aromatic N) is 2. The van der Waals surface area contributed by atoms with Gasteiger partial charge >= 0.3 is 0 Å². The summed E-state index contributed by atoms with van der Waals surface area (Å²) in [5.74, 6) is 0.609. The number of hydrogen-bond acceptors (Lipinski definition) is 4. The molecule has 1 saturated heterocycles. The molecule has 0 saturated carbocycles. The molecule has 1 amide bonds. The number of carbonyl (C=O) groups excluding carboxylic acids is 1. The van der Waals surface area contributed by atoms with E-state index >= 15 is 0 Å². The molecule has 0 radical (unpaired) electrons. The Morgan fingerprint density at radius 1 is 1.07 bits per heavy atom. The summed E-state index contributed by atoms with van der Waals surface area (Å²) < 4.78 is 18.2. The number of methoxy groups -OCH3 is 1. The van der Waals surface area contributed by atoms with Gasteiger partial charge in [0.25, 0.3) is 0 Å². The molecular weight excluding hydrogens is 345 g/mol. The number of rotatable bonds is 6. The van der Waals surface area contributed by atoms with Gasteiger partial charge in [-0.1, -0.05) is 12.1 Å². The van der Waals surface area contributed by atoms with Gasteiger partial charge in [0.1, 0.15) is 11.6 Å². The molecule has 1 aliphatic rings. The smallest absolute Gasteiger partial charge is 0.237 e. The number of anilines is 1. The maximum absolute atomic E-state index is 13.1. The van der Waals surface area contributed by atoms with Crippen LogP contribution in [-0.4, -0.2) is 50.1 Å². The Kier molecular flexibility index (Phi) is 6.29. The lowest BCUT2D eigenvalue weighted by molar-refractivity contribution is -0.126. The average Bonchev–Trinajstić information content (AvgIpc) is 2.72. The Morgan fingerprint density at radius 3 is 2.30 bits per heavy atom. The van der Waals surface area contributed by atoms with Crippen LogP contribution in [0.15, 0.2) is 48.5 Å². The highest BCUT2D eigenvalue weighted by Gasteiger charge is 2.25. The Bertz CT molecular complexity index is 741. The van der Waals surface area contributed by atoms with Crippen LogP contribution in [0.3, 0.4) is 0 Å². The first kappa shape index (κ1) is 19.2. The van der Waals surface area contributed by atoms with Gasteiger partial charge in [-0.3, -0.25) is 9.69 Å². The van der Waals surface area contributed by atoms with Crippen molar-refractivity contribution in [3.8, 4) is 5.75 Å². The van der Waals surface area contributed by atoms with Crippen molar-refractivity contribution in [2.45, 2.75) is 19.5 Å². The van der Waals surface area contributed by atoms with E-state index in [2.05, 4.69) is 15.1 Å². The van der Waals surface area contributed by atoms with E-state index in [1.165, 1.54) is 12.1 Å². The predicted octanol–water partition coefficient (Wildman–Crippen LogP) is 2.66. The minimum atomic E-state index is -0.223. The zero-order valence-corrected chi connectivity index (χ0v) is 15.8. The molecule has 3 rings (SSSR count). The predicted molar refractivity (Wildman–Crippen MR) is 104 cm³/mol. The topological polar surface area (TPSA) is 44.8 Å². The molecule has 6 heteroatoms. The Labute approximate surface area is 159 Å². The molecule has 1 fully saturated rings. The number of ether oxygens (including phenoxy) is 1. The minimum Gasteiger partial charge on any atom is -0.497 e. The summed E-state index contributed by atoms with van der Waals surface area (Å²) in [7, 11) is 1.63. The third-order valence-corrected chi connectivity index (χ3v) is 5.06. The number of piperazine rings is 1. The highest BCUT2D eigenvalue weighted by Crippen LogP contribution is 2.18. The zero-order chi connectivity index (χ0) is 19.2. The van der Waals surface area contributed by atoms with Crippen LogP contribution in [0.4, 0.5) is 10.1 Å². The number of hydrogen-bond donors (Lipinski definition) is 1. The van der Waals surface area contributed by atoms with Crippen LogP contribution in [0.2, 0.25) is 0 Å². The van der Waals surface area contributed by atoms with Crippen molar-refractivity contribution in [2.75, 3.05) is 38.2 Å². The molecule has 5 nitrogen and oxygen atoms in total. The number of benzene rings is 2. The number of nitrogens with one attached hydrogen (secondary N) is 1. The molecule has 0 aliphatic carbocycles. The highest BCUT2D eigenvalue weighted by molar-refractivity contribution is 5.81. The maximum atomic E-state index is 13.1. The van der Waals surface area contributed by atoms with Crippen LogP contribution in [0, 0.1) is 5.82 Å². The van der Waals surface area contributed by atoms with Gasteiger partial charge in [-0.15, -0.1) is 0 Å².